The van der Waals surface area contributed by atoms with Gasteiger partial charge < -0.3 is 0 Å². The fourth-order valence-corrected chi connectivity index (χ4v) is 5.44. The normalized spacial score (nSPS) is 19.2. The first kappa shape index (κ1) is 14.7. The minimum atomic E-state index is -3.35. The van der Waals surface area contributed by atoms with E-state index < -0.39 is 10.0 Å². The summed E-state index contributed by atoms with van der Waals surface area (Å²) in [4.78, 5) is 2.25. The van der Waals surface area contributed by atoms with Gasteiger partial charge in [-0.05, 0) is 12.1 Å². The Morgan fingerprint density at radius 1 is 1.28 bits per heavy atom. The van der Waals surface area contributed by atoms with E-state index in [0.717, 1.165) is 36.3 Å². The zero-order valence-corrected chi connectivity index (χ0v) is 13.7. The van der Waals surface area contributed by atoms with Crippen LogP contribution in [0.2, 0.25) is 4.34 Å². The van der Waals surface area contributed by atoms with Crippen molar-refractivity contribution in [1.82, 2.24) is 9.21 Å². The first-order valence-corrected chi connectivity index (χ1v) is 9.33. The van der Waals surface area contributed by atoms with Gasteiger partial charge in [-0.3, -0.25) is 4.90 Å². The lowest BCUT2D eigenvalue weighted by Crippen LogP contribution is -2.48. The molecule has 0 bridgehead atoms. The lowest BCUT2D eigenvalue weighted by Gasteiger charge is -2.33. The standard InChI is InChI=1S/C10H14BrClN2O2S2/c11-3-4-13-5-7-14(8-6-13)18(15,16)10-2-1-9(12)17-10/h1-2H,3-8H2. The lowest BCUT2D eigenvalue weighted by molar-refractivity contribution is 0.198. The van der Waals surface area contributed by atoms with Crippen molar-refractivity contribution >= 4 is 48.9 Å². The quantitative estimate of drug-likeness (QED) is 0.759. The molecule has 0 radical (unpaired) electrons. The summed E-state index contributed by atoms with van der Waals surface area (Å²) in [5.74, 6) is 0. The summed E-state index contributed by atoms with van der Waals surface area (Å²) in [7, 11) is -3.35. The molecule has 2 heterocycles. The second-order valence-electron chi connectivity index (χ2n) is 3.99. The number of sulfonamides is 1. The van der Waals surface area contributed by atoms with Crippen LogP contribution in [0.25, 0.3) is 0 Å². The first-order valence-electron chi connectivity index (χ1n) is 5.58. The highest BCUT2D eigenvalue weighted by molar-refractivity contribution is 9.09. The van der Waals surface area contributed by atoms with Crippen molar-refractivity contribution in [2.24, 2.45) is 0 Å². The van der Waals surface area contributed by atoms with Crippen molar-refractivity contribution in [1.29, 1.82) is 0 Å². The lowest BCUT2D eigenvalue weighted by atomic mass is 10.4. The number of nitrogens with zero attached hydrogens (tertiary/aromatic N) is 2. The molecule has 1 aromatic rings. The molecular formula is C10H14BrClN2O2S2. The van der Waals surface area contributed by atoms with Crippen molar-refractivity contribution in [2.75, 3.05) is 38.1 Å². The first-order chi connectivity index (χ1) is 8.54. The molecule has 18 heavy (non-hydrogen) atoms. The Hall–Kier alpha value is 0.340. The highest BCUT2D eigenvalue weighted by Crippen LogP contribution is 2.28. The van der Waals surface area contributed by atoms with Crippen LogP contribution in [0.4, 0.5) is 0 Å². The zero-order valence-electron chi connectivity index (χ0n) is 9.68. The van der Waals surface area contributed by atoms with Gasteiger partial charge in [-0.15, -0.1) is 11.3 Å². The molecule has 0 saturated carbocycles. The molecule has 0 unspecified atom stereocenters. The van der Waals surface area contributed by atoms with E-state index in [9.17, 15) is 8.42 Å². The number of piperazine rings is 1. The maximum Gasteiger partial charge on any atom is 0.252 e. The summed E-state index contributed by atoms with van der Waals surface area (Å²) >= 11 is 10.3. The molecule has 0 atom stereocenters. The van der Waals surface area contributed by atoms with E-state index in [0.29, 0.717) is 21.6 Å². The van der Waals surface area contributed by atoms with E-state index in [1.54, 1.807) is 16.4 Å². The van der Waals surface area contributed by atoms with Gasteiger partial charge in [0.1, 0.15) is 4.21 Å². The number of thiophene rings is 1. The molecule has 1 saturated heterocycles. The van der Waals surface area contributed by atoms with Gasteiger partial charge in [-0.1, -0.05) is 27.5 Å². The molecule has 2 rings (SSSR count). The Kier molecular flexibility index (Phi) is 5.07. The van der Waals surface area contributed by atoms with Crippen LogP contribution in [-0.2, 0) is 10.0 Å². The second kappa shape index (κ2) is 6.19. The maximum absolute atomic E-state index is 12.3. The second-order valence-corrected chi connectivity index (χ2v) is 8.67. The fourth-order valence-electron chi connectivity index (χ4n) is 1.88. The molecule has 4 nitrogen and oxygen atoms in total. The molecule has 0 N–H and O–H groups in total. The molecule has 1 aliphatic heterocycles. The van der Waals surface area contributed by atoms with Crippen molar-refractivity contribution in [3.63, 3.8) is 0 Å². The summed E-state index contributed by atoms with van der Waals surface area (Å²) in [5.41, 5.74) is 0. The van der Waals surface area contributed by atoms with Gasteiger partial charge in [-0.2, -0.15) is 4.31 Å². The molecule has 0 aromatic carbocycles. The van der Waals surface area contributed by atoms with Crippen LogP contribution >= 0.6 is 38.9 Å². The summed E-state index contributed by atoms with van der Waals surface area (Å²) in [6, 6.07) is 3.20. The minimum Gasteiger partial charge on any atom is -0.300 e. The van der Waals surface area contributed by atoms with Crippen LogP contribution in [0.3, 0.4) is 0 Å². The van der Waals surface area contributed by atoms with E-state index in [2.05, 4.69) is 20.8 Å². The van der Waals surface area contributed by atoms with Crippen molar-refractivity contribution in [2.45, 2.75) is 4.21 Å². The maximum atomic E-state index is 12.3. The van der Waals surface area contributed by atoms with Crippen LogP contribution in [0.1, 0.15) is 0 Å². The average Bonchev–Trinajstić information content (AvgIpc) is 2.78. The Morgan fingerprint density at radius 3 is 2.44 bits per heavy atom. The number of alkyl halides is 1. The van der Waals surface area contributed by atoms with Gasteiger partial charge >= 0.3 is 0 Å². The highest BCUT2D eigenvalue weighted by Gasteiger charge is 2.29. The van der Waals surface area contributed by atoms with Gasteiger partial charge in [0.05, 0.1) is 4.34 Å². The number of hydrogen-bond donors (Lipinski definition) is 0. The highest BCUT2D eigenvalue weighted by atomic mass is 79.9. The Bertz CT molecular complexity index is 498. The van der Waals surface area contributed by atoms with Crippen LogP contribution in [0.5, 0.6) is 0 Å². The van der Waals surface area contributed by atoms with Gasteiger partial charge in [-0.25, -0.2) is 8.42 Å². The van der Waals surface area contributed by atoms with Gasteiger partial charge in [0, 0.05) is 38.1 Å². The predicted octanol–water partition coefficient (Wildman–Crippen LogP) is 2.10. The smallest absolute Gasteiger partial charge is 0.252 e. The minimum absolute atomic E-state index is 0.335. The third-order valence-electron chi connectivity index (χ3n) is 2.87. The molecular weight excluding hydrogens is 360 g/mol. The van der Waals surface area contributed by atoms with E-state index in [1.165, 1.54) is 0 Å². The molecule has 0 aliphatic carbocycles. The largest absolute Gasteiger partial charge is 0.300 e. The van der Waals surface area contributed by atoms with Crippen LogP contribution in [0.15, 0.2) is 16.3 Å². The predicted molar refractivity (Wildman–Crippen MR) is 78.3 cm³/mol. The van der Waals surface area contributed by atoms with E-state index >= 15 is 0 Å². The van der Waals surface area contributed by atoms with Crippen LogP contribution < -0.4 is 0 Å². The number of halogens is 2. The molecule has 1 aromatic heterocycles. The van der Waals surface area contributed by atoms with Gasteiger partial charge in [0.2, 0.25) is 0 Å². The summed E-state index contributed by atoms with van der Waals surface area (Å²) < 4.78 is 27.0. The van der Waals surface area contributed by atoms with Crippen LogP contribution in [-0.4, -0.2) is 55.7 Å². The van der Waals surface area contributed by atoms with Crippen molar-refractivity contribution in [3.05, 3.63) is 16.5 Å². The third-order valence-corrected chi connectivity index (χ3v) is 6.83. The molecule has 1 fully saturated rings. The molecule has 0 amide bonds. The summed E-state index contributed by atoms with van der Waals surface area (Å²) in [5, 5.41) is 0.917. The Labute approximate surface area is 125 Å². The van der Waals surface area contributed by atoms with E-state index in [1.807, 2.05) is 0 Å². The number of rotatable bonds is 4. The fraction of sp³-hybridized carbons (Fsp3) is 0.600. The molecule has 1 aliphatic rings. The SMILES string of the molecule is O=S(=O)(c1ccc(Cl)s1)N1CCN(CCBr)CC1. The van der Waals surface area contributed by atoms with E-state index in [4.69, 9.17) is 11.6 Å². The summed E-state index contributed by atoms with van der Waals surface area (Å²) in [6.07, 6.45) is 0. The van der Waals surface area contributed by atoms with Crippen LogP contribution in [0, 0.1) is 0 Å². The monoisotopic (exact) mass is 372 g/mol. The number of hydrogen-bond acceptors (Lipinski definition) is 4. The topological polar surface area (TPSA) is 40.6 Å². The molecule has 102 valence electrons. The average molecular weight is 374 g/mol. The zero-order chi connectivity index (χ0) is 13.2. The summed E-state index contributed by atoms with van der Waals surface area (Å²) in [6.45, 7) is 3.61. The Balaban J connectivity index is 2.05. The van der Waals surface area contributed by atoms with Crippen molar-refractivity contribution in [3.8, 4) is 0 Å². The molecule has 0 spiro atoms. The van der Waals surface area contributed by atoms with E-state index in [-0.39, 0.29) is 0 Å². The third kappa shape index (κ3) is 3.26. The Morgan fingerprint density at radius 2 is 1.94 bits per heavy atom. The van der Waals surface area contributed by atoms with Crippen molar-refractivity contribution < 1.29 is 8.42 Å². The van der Waals surface area contributed by atoms with Gasteiger partial charge in [0.25, 0.3) is 10.0 Å². The van der Waals surface area contributed by atoms with Gasteiger partial charge in [0.15, 0.2) is 0 Å². The molecule has 8 heteroatoms.